The van der Waals surface area contributed by atoms with Crippen molar-refractivity contribution in [1.82, 2.24) is 15.2 Å². The highest BCUT2D eigenvalue weighted by molar-refractivity contribution is 6.74. The van der Waals surface area contributed by atoms with Gasteiger partial charge >= 0.3 is 6.09 Å². The number of aromatic nitrogens is 1. The first-order valence-corrected chi connectivity index (χ1v) is 20.5. The van der Waals surface area contributed by atoms with Crippen molar-refractivity contribution >= 4 is 20.3 Å². The minimum atomic E-state index is -1.96. The molecule has 2 amide bonds. The molecule has 2 aromatic carbocycles. The van der Waals surface area contributed by atoms with Crippen molar-refractivity contribution < 1.29 is 23.9 Å². The van der Waals surface area contributed by atoms with E-state index in [9.17, 15) is 14.7 Å². The zero-order valence-corrected chi connectivity index (χ0v) is 32.3. The lowest BCUT2D eigenvalue weighted by molar-refractivity contribution is 0.0226. The fourth-order valence-electron chi connectivity index (χ4n) is 5.72. The highest BCUT2D eigenvalue weighted by Crippen LogP contribution is 2.37. The van der Waals surface area contributed by atoms with Gasteiger partial charge in [0.1, 0.15) is 11.4 Å². The first-order chi connectivity index (χ1) is 22.7. The first-order valence-electron chi connectivity index (χ1n) is 17.6. The third-order valence-corrected chi connectivity index (χ3v) is 14.0. The van der Waals surface area contributed by atoms with Crippen molar-refractivity contribution in [2.45, 2.75) is 123 Å². The molecule has 49 heavy (non-hydrogen) atoms. The maximum absolute atomic E-state index is 13.4. The fourth-order valence-corrected chi connectivity index (χ4v) is 6.75. The number of aliphatic hydroxyl groups is 1. The second kappa shape index (κ2) is 15.0. The molecular weight excluding hydrogens is 631 g/mol. The molecule has 1 aliphatic rings. The van der Waals surface area contributed by atoms with E-state index in [4.69, 9.17) is 9.16 Å². The van der Waals surface area contributed by atoms with Crippen LogP contribution in [0.2, 0.25) is 18.1 Å². The Labute approximate surface area is 294 Å². The molecule has 9 heteroatoms. The van der Waals surface area contributed by atoms with Crippen molar-refractivity contribution in [3.63, 3.8) is 0 Å². The van der Waals surface area contributed by atoms with Crippen LogP contribution in [0, 0.1) is 0 Å². The van der Waals surface area contributed by atoms with Crippen LogP contribution in [0.1, 0.15) is 106 Å². The standard InChI is InChI=1S/C40H57N3O5Si/c1-38(2,3)47-37(45)43-21-11-12-34(43)25-30-15-16-31(36(44)42-20-19-29-23-33(27-41-26-29)40(7,8)46)24-32(30)22-28-13-17-35(18-14-28)48-49(9,10)39(4,5)6/h13-18,23-24,26-27,34,46H,11-12,19-22,25H2,1-10H3,(H,42,44). The second-order valence-corrected chi connectivity index (χ2v) is 21.2. The molecule has 1 fully saturated rings. The van der Waals surface area contributed by atoms with Crippen molar-refractivity contribution in [1.29, 1.82) is 0 Å². The zero-order chi connectivity index (χ0) is 36.2. The molecule has 8 nitrogen and oxygen atoms in total. The van der Waals surface area contributed by atoms with E-state index in [0.29, 0.717) is 37.9 Å². The quantitative estimate of drug-likeness (QED) is 0.197. The summed E-state index contributed by atoms with van der Waals surface area (Å²) in [7, 11) is -1.96. The van der Waals surface area contributed by atoms with Crippen molar-refractivity contribution in [2.24, 2.45) is 0 Å². The molecule has 1 atom stereocenters. The Bertz CT molecular complexity index is 1600. The molecular formula is C40H57N3O5Si. The average molecular weight is 688 g/mol. The normalized spacial score (nSPS) is 15.7. The highest BCUT2D eigenvalue weighted by atomic mass is 28.4. The van der Waals surface area contributed by atoms with E-state index >= 15 is 0 Å². The van der Waals surface area contributed by atoms with Gasteiger partial charge in [-0.25, -0.2) is 4.79 Å². The highest BCUT2D eigenvalue weighted by Gasteiger charge is 2.39. The summed E-state index contributed by atoms with van der Waals surface area (Å²) in [5, 5.41) is 13.5. The topological polar surface area (TPSA) is 101 Å². The van der Waals surface area contributed by atoms with Crippen LogP contribution in [0.3, 0.4) is 0 Å². The van der Waals surface area contributed by atoms with E-state index in [1.165, 1.54) is 0 Å². The van der Waals surface area contributed by atoms with E-state index in [-0.39, 0.29) is 23.1 Å². The second-order valence-electron chi connectivity index (χ2n) is 16.5. The van der Waals surface area contributed by atoms with Gasteiger partial charge in [-0.2, -0.15) is 0 Å². The van der Waals surface area contributed by atoms with Gasteiger partial charge in [-0.1, -0.05) is 39.0 Å². The summed E-state index contributed by atoms with van der Waals surface area (Å²) in [6, 6.07) is 16.2. The largest absolute Gasteiger partial charge is 0.544 e. The summed E-state index contributed by atoms with van der Waals surface area (Å²) in [6.07, 6.45) is 6.93. The number of hydrogen-bond donors (Lipinski definition) is 2. The van der Waals surface area contributed by atoms with Gasteiger partial charge in [0.25, 0.3) is 5.91 Å². The van der Waals surface area contributed by atoms with Gasteiger partial charge in [0.15, 0.2) is 0 Å². The molecule has 1 aliphatic heterocycles. The van der Waals surface area contributed by atoms with Crippen LogP contribution in [-0.4, -0.2) is 60.0 Å². The monoisotopic (exact) mass is 687 g/mol. The molecule has 266 valence electrons. The summed E-state index contributed by atoms with van der Waals surface area (Å²) < 4.78 is 12.2. The average Bonchev–Trinajstić information content (AvgIpc) is 3.45. The van der Waals surface area contributed by atoms with Gasteiger partial charge < -0.3 is 24.5 Å². The summed E-state index contributed by atoms with van der Waals surface area (Å²) in [5.41, 5.74) is 4.04. The lowest BCUT2D eigenvalue weighted by Crippen LogP contribution is -2.43. The Balaban J connectivity index is 1.54. The fraction of sp³-hybridized carbons (Fsp3) is 0.525. The van der Waals surface area contributed by atoms with Crippen molar-refractivity contribution in [2.75, 3.05) is 13.1 Å². The smallest absolute Gasteiger partial charge is 0.410 e. The molecule has 2 N–H and O–H groups in total. The number of amides is 2. The van der Waals surface area contributed by atoms with Crippen LogP contribution in [0.4, 0.5) is 4.79 Å². The maximum Gasteiger partial charge on any atom is 0.410 e. The minimum absolute atomic E-state index is 0.0295. The summed E-state index contributed by atoms with van der Waals surface area (Å²) in [6.45, 7) is 21.5. The number of hydrogen-bond acceptors (Lipinski definition) is 6. The van der Waals surface area contributed by atoms with Crippen LogP contribution in [0.15, 0.2) is 60.9 Å². The predicted molar refractivity (Wildman–Crippen MR) is 199 cm³/mol. The zero-order valence-electron chi connectivity index (χ0n) is 31.3. The van der Waals surface area contributed by atoms with E-state index in [0.717, 1.165) is 46.4 Å². The van der Waals surface area contributed by atoms with Crippen LogP contribution >= 0.6 is 0 Å². The number of likely N-dealkylation sites (tertiary alicyclic amines) is 1. The van der Waals surface area contributed by atoms with Crippen LogP contribution in [0.25, 0.3) is 0 Å². The van der Waals surface area contributed by atoms with Gasteiger partial charge in [-0.15, -0.1) is 0 Å². The molecule has 1 unspecified atom stereocenters. The predicted octanol–water partition coefficient (Wildman–Crippen LogP) is 8.20. The minimum Gasteiger partial charge on any atom is -0.544 e. The van der Waals surface area contributed by atoms with Crippen molar-refractivity contribution in [3.8, 4) is 5.75 Å². The Morgan fingerprint density at radius 2 is 1.63 bits per heavy atom. The molecule has 0 aliphatic carbocycles. The molecule has 1 saturated heterocycles. The number of carbonyl (C=O) groups is 2. The number of rotatable bonds is 11. The third-order valence-electron chi connectivity index (χ3n) is 9.63. The number of ether oxygens (including phenoxy) is 1. The summed E-state index contributed by atoms with van der Waals surface area (Å²) >= 11 is 0. The SMILES string of the molecule is CC(C)(C)OC(=O)N1CCCC1Cc1ccc(C(=O)NCCc2cncc(C(C)(C)O)c2)cc1Cc1ccc(O[Si](C)(C)C(C)(C)C)cc1. The molecule has 1 aromatic heterocycles. The van der Waals surface area contributed by atoms with Crippen molar-refractivity contribution in [3.05, 3.63) is 94.3 Å². The molecule has 2 heterocycles. The lowest BCUT2D eigenvalue weighted by Gasteiger charge is -2.36. The van der Waals surface area contributed by atoms with E-state index in [1.807, 2.05) is 49.9 Å². The number of nitrogens with zero attached hydrogens (tertiary/aromatic N) is 2. The van der Waals surface area contributed by atoms with E-state index in [2.05, 4.69) is 68.4 Å². The van der Waals surface area contributed by atoms with Gasteiger partial charge in [0, 0.05) is 42.7 Å². The van der Waals surface area contributed by atoms with Gasteiger partial charge in [-0.3, -0.25) is 9.78 Å². The molecule has 0 spiro atoms. The maximum atomic E-state index is 13.4. The van der Waals surface area contributed by atoms with Crippen LogP contribution in [0.5, 0.6) is 5.75 Å². The number of nitrogens with one attached hydrogen (secondary N) is 1. The first kappa shape index (κ1) is 38.1. The third kappa shape index (κ3) is 10.6. The Hall–Kier alpha value is -3.69. The number of carbonyl (C=O) groups excluding carboxylic acids is 2. The number of pyridine rings is 1. The molecule has 0 bridgehead atoms. The molecule has 4 rings (SSSR count). The Morgan fingerprint density at radius 1 is 0.939 bits per heavy atom. The van der Waals surface area contributed by atoms with E-state index in [1.54, 1.807) is 26.2 Å². The molecule has 0 saturated carbocycles. The molecule has 3 aromatic rings. The summed E-state index contributed by atoms with van der Waals surface area (Å²) in [5.74, 6) is 0.736. The van der Waals surface area contributed by atoms with Crippen LogP contribution < -0.4 is 9.74 Å². The van der Waals surface area contributed by atoms with E-state index < -0.39 is 19.5 Å². The lowest BCUT2D eigenvalue weighted by atomic mass is 9.92. The molecule has 0 radical (unpaired) electrons. The Morgan fingerprint density at radius 3 is 2.27 bits per heavy atom. The number of benzene rings is 2. The Kier molecular flexibility index (Phi) is 11.7. The van der Waals surface area contributed by atoms with Gasteiger partial charge in [0.05, 0.1) is 5.60 Å². The van der Waals surface area contributed by atoms with Gasteiger partial charge in [-0.05, 0) is 137 Å². The van der Waals surface area contributed by atoms with Crippen LogP contribution in [-0.2, 0) is 29.6 Å². The summed E-state index contributed by atoms with van der Waals surface area (Å²) in [4.78, 5) is 32.6. The van der Waals surface area contributed by atoms with Gasteiger partial charge in [0.2, 0.25) is 8.32 Å².